The summed E-state index contributed by atoms with van der Waals surface area (Å²) in [5.41, 5.74) is -0.307. The standard InChI is InChI=1S/C18H20N2O5S/c1-25-11-17(16(23)24)8-9-19(10-17)15(22)18-7-6-14(21)20(18)12-4-2-3-5-13(12)26-18/h2-5H,6-11H2,1H3,(H,23,24). The van der Waals surface area contributed by atoms with E-state index in [9.17, 15) is 19.5 Å². The minimum Gasteiger partial charge on any atom is -0.481 e. The third-order valence-corrected chi connectivity index (χ3v) is 6.99. The van der Waals surface area contributed by atoms with Gasteiger partial charge in [-0.15, -0.1) is 0 Å². The van der Waals surface area contributed by atoms with E-state index in [4.69, 9.17) is 4.74 Å². The summed E-state index contributed by atoms with van der Waals surface area (Å²) in [7, 11) is 1.47. The summed E-state index contributed by atoms with van der Waals surface area (Å²) in [6.07, 6.45) is 1.11. The molecule has 3 aliphatic heterocycles. The second-order valence-corrected chi connectivity index (χ2v) is 8.40. The Balaban J connectivity index is 1.65. The van der Waals surface area contributed by atoms with Crippen LogP contribution in [-0.4, -0.2) is 59.5 Å². The molecule has 0 aromatic heterocycles. The largest absolute Gasteiger partial charge is 0.481 e. The Morgan fingerprint density at radius 3 is 2.81 bits per heavy atom. The van der Waals surface area contributed by atoms with E-state index in [0.29, 0.717) is 25.8 Å². The Kier molecular flexibility index (Phi) is 4.00. The number of hydrogen-bond donors (Lipinski definition) is 1. The van der Waals surface area contributed by atoms with E-state index in [-0.39, 0.29) is 25.0 Å². The van der Waals surface area contributed by atoms with Gasteiger partial charge >= 0.3 is 5.97 Å². The number of ether oxygens (including phenoxy) is 1. The number of carbonyl (C=O) groups is 3. The van der Waals surface area contributed by atoms with E-state index < -0.39 is 16.3 Å². The van der Waals surface area contributed by atoms with Crippen LogP contribution in [0.1, 0.15) is 19.3 Å². The van der Waals surface area contributed by atoms with Gasteiger partial charge in [-0.3, -0.25) is 19.3 Å². The van der Waals surface area contributed by atoms with Crippen LogP contribution < -0.4 is 4.90 Å². The van der Waals surface area contributed by atoms with Gasteiger partial charge < -0.3 is 14.7 Å². The highest BCUT2D eigenvalue weighted by molar-refractivity contribution is 8.02. The van der Waals surface area contributed by atoms with Crippen molar-refractivity contribution in [3.63, 3.8) is 0 Å². The smallest absolute Gasteiger partial charge is 0.313 e. The Bertz CT molecular complexity index is 800. The maximum absolute atomic E-state index is 13.5. The maximum Gasteiger partial charge on any atom is 0.313 e. The Morgan fingerprint density at radius 2 is 2.08 bits per heavy atom. The lowest BCUT2D eigenvalue weighted by atomic mass is 9.88. The molecule has 26 heavy (non-hydrogen) atoms. The molecule has 8 heteroatoms. The third kappa shape index (κ3) is 2.28. The molecule has 7 nitrogen and oxygen atoms in total. The average Bonchev–Trinajstić information content (AvgIpc) is 3.28. The van der Waals surface area contributed by atoms with Crippen LogP contribution in [0.3, 0.4) is 0 Å². The van der Waals surface area contributed by atoms with Crippen LogP contribution >= 0.6 is 11.8 Å². The number of aliphatic carboxylic acids is 1. The van der Waals surface area contributed by atoms with Gasteiger partial charge in [0, 0.05) is 31.5 Å². The Hall–Kier alpha value is -2.06. The molecule has 138 valence electrons. The van der Waals surface area contributed by atoms with E-state index in [2.05, 4.69) is 0 Å². The Morgan fingerprint density at radius 1 is 1.31 bits per heavy atom. The van der Waals surface area contributed by atoms with Crippen molar-refractivity contribution in [3.05, 3.63) is 24.3 Å². The average molecular weight is 376 g/mol. The van der Waals surface area contributed by atoms with Crippen LogP contribution in [0.4, 0.5) is 5.69 Å². The van der Waals surface area contributed by atoms with Crippen molar-refractivity contribution in [2.45, 2.75) is 29.0 Å². The molecular weight excluding hydrogens is 356 g/mol. The van der Waals surface area contributed by atoms with Gasteiger partial charge in [-0.25, -0.2) is 0 Å². The summed E-state index contributed by atoms with van der Waals surface area (Å²) < 4.78 is 5.11. The summed E-state index contributed by atoms with van der Waals surface area (Å²) >= 11 is 1.41. The van der Waals surface area contributed by atoms with Crippen LogP contribution in [0.2, 0.25) is 0 Å². The number of nitrogens with zero attached hydrogens (tertiary/aromatic N) is 2. The van der Waals surface area contributed by atoms with Gasteiger partial charge in [0.2, 0.25) is 5.91 Å². The zero-order valence-corrected chi connectivity index (χ0v) is 15.3. The summed E-state index contributed by atoms with van der Waals surface area (Å²) in [5.74, 6) is -1.19. The lowest BCUT2D eigenvalue weighted by Gasteiger charge is -2.34. The van der Waals surface area contributed by atoms with Gasteiger partial charge in [0.1, 0.15) is 5.41 Å². The molecule has 0 bridgehead atoms. The molecule has 0 spiro atoms. The second-order valence-electron chi connectivity index (χ2n) is 7.08. The third-order valence-electron chi connectivity index (χ3n) is 5.52. The minimum absolute atomic E-state index is 0.0589. The highest BCUT2D eigenvalue weighted by atomic mass is 32.2. The molecular formula is C18H20N2O5S. The normalized spacial score (nSPS) is 29.8. The predicted octanol–water partition coefficient (Wildman–Crippen LogP) is 1.57. The van der Waals surface area contributed by atoms with Crippen molar-refractivity contribution in [1.82, 2.24) is 4.90 Å². The van der Waals surface area contributed by atoms with Crippen molar-refractivity contribution in [2.24, 2.45) is 5.41 Å². The van der Waals surface area contributed by atoms with Gasteiger partial charge in [0.05, 0.1) is 12.3 Å². The number of amides is 2. The molecule has 1 aromatic carbocycles. The maximum atomic E-state index is 13.5. The summed E-state index contributed by atoms with van der Waals surface area (Å²) in [4.78, 5) is 40.9. The fourth-order valence-electron chi connectivity index (χ4n) is 4.21. The van der Waals surface area contributed by atoms with Gasteiger partial charge in [-0.2, -0.15) is 0 Å². The number of carbonyl (C=O) groups excluding carboxylic acids is 2. The van der Waals surface area contributed by atoms with E-state index in [1.807, 2.05) is 24.3 Å². The number of fused-ring (bicyclic) bond motifs is 3. The van der Waals surface area contributed by atoms with E-state index >= 15 is 0 Å². The first-order valence-electron chi connectivity index (χ1n) is 8.56. The fourth-order valence-corrected chi connectivity index (χ4v) is 5.69. The molecule has 0 radical (unpaired) electrons. The van der Waals surface area contributed by atoms with Crippen molar-refractivity contribution < 1.29 is 24.2 Å². The summed E-state index contributed by atoms with van der Waals surface area (Å²) in [5, 5.41) is 9.64. The van der Waals surface area contributed by atoms with Gasteiger partial charge in [0.15, 0.2) is 4.87 Å². The van der Waals surface area contributed by atoms with E-state index in [0.717, 1.165) is 10.6 Å². The first-order valence-corrected chi connectivity index (χ1v) is 9.38. The number of hydrogen-bond acceptors (Lipinski definition) is 5. The van der Waals surface area contributed by atoms with Crippen LogP contribution in [-0.2, 0) is 19.1 Å². The lowest BCUT2D eigenvalue weighted by Crippen LogP contribution is -2.54. The number of carboxylic acid groups (broad SMARTS) is 1. The molecule has 0 saturated carbocycles. The first-order chi connectivity index (χ1) is 12.4. The Labute approximate surface area is 155 Å². The van der Waals surface area contributed by atoms with Crippen molar-refractivity contribution in [2.75, 3.05) is 31.7 Å². The number of para-hydroxylation sites is 1. The number of likely N-dealkylation sites (tertiary alicyclic amines) is 1. The minimum atomic E-state index is -1.08. The highest BCUT2D eigenvalue weighted by Gasteiger charge is 2.60. The van der Waals surface area contributed by atoms with Crippen molar-refractivity contribution in [1.29, 1.82) is 0 Å². The van der Waals surface area contributed by atoms with Gasteiger partial charge in [-0.05, 0) is 25.0 Å². The van der Waals surface area contributed by atoms with Crippen LogP contribution in [0, 0.1) is 5.41 Å². The van der Waals surface area contributed by atoms with E-state index in [1.54, 1.807) is 9.80 Å². The number of rotatable bonds is 4. The second kappa shape index (κ2) is 5.99. The van der Waals surface area contributed by atoms with Crippen molar-refractivity contribution in [3.8, 4) is 0 Å². The lowest BCUT2D eigenvalue weighted by molar-refractivity contribution is -0.151. The van der Waals surface area contributed by atoms with Crippen LogP contribution in [0.15, 0.2) is 29.2 Å². The zero-order chi connectivity index (χ0) is 18.5. The van der Waals surface area contributed by atoms with Crippen molar-refractivity contribution >= 4 is 35.2 Å². The number of anilines is 1. The monoisotopic (exact) mass is 376 g/mol. The molecule has 3 aliphatic rings. The predicted molar refractivity (Wildman–Crippen MR) is 94.9 cm³/mol. The van der Waals surface area contributed by atoms with E-state index in [1.165, 1.54) is 18.9 Å². The molecule has 2 amide bonds. The molecule has 4 rings (SSSR count). The molecule has 0 aliphatic carbocycles. The SMILES string of the molecule is COCC1(C(=O)O)CCN(C(=O)C23CCC(=O)N2c2ccccc2S3)C1. The molecule has 2 fully saturated rings. The molecule has 3 heterocycles. The molecule has 1 aromatic rings. The number of methoxy groups -OCH3 is 1. The summed E-state index contributed by atoms with van der Waals surface area (Å²) in [6.45, 7) is 0.528. The number of thioether (sulfide) groups is 1. The highest BCUT2D eigenvalue weighted by Crippen LogP contribution is 2.56. The molecule has 2 atom stereocenters. The van der Waals surface area contributed by atoms with Crippen LogP contribution in [0.25, 0.3) is 0 Å². The van der Waals surface area contributed by atoms with Gasteiger partial charge in [-0.1, -0.05) is 23.9 Å². The number of benzene rings is 1. The molecule has 1 N–H and O–H groups in total. The molecule has 2 unspecified atom stereocenters. The zero-order valence-electron chi connectivity index (χ0n) is 14.4. The quantitative estimate of drug-likeness (QED) is 0.858. The van der Waals surface area contributed by atoms with Crippen LogP contribution in [0.5, 0.6) is 0 Å². The first kappa shape index (κ1) is 17.4. The summed E-state index contributed by atoms with van der Waals surface area (Å²) in [6, 6.07) is 7.52. The van der Waals surface area contributed by atoms with Gasteiger partial charge in [0.25, 0.3) is 5.91 Å². The molecule has 2 saturated heterocycles. The topological polar surface area (TPSA) is 87.1 Å². The fraction of sp³-hybridized carbons (Fsp3) is 0.500. The number of carboxylic acids is 1.